The molecule has 2 atom stereocenters. The van der Waals surface area contributed by atoms with E-state index in [1.165, 1.54) is 11.8 Å². The Balaban J connectivity index is 1.44. The smallest absolute Gasteiger partial charge is 0.251 e. The van der Waals surface area contributed by atoms with Gasteiger partial charge in [0.15, 0.2) is 15.0 Å². The second kappa shape index (κ2) is 8.31. The molecule has 0 aliphatic carbocycles. The van der Waals surface area contributed by atoms with Crippen LogP contribution < -0.4 is 15.4 Å². The number of carbonyl (C=O) groups is 1. The van der Waals surface area contributed by atoms with Crippen molar-refractivity contribution >= 4 is 38.4 Å². The van der Waals surface area contributed by atoms with Crippen LogP contribution in [-0.4, -0.2) is 49.4 Å². The molecule has 0 radical (unpaired) electrons. The SMILES string of the molecule is COc1ccccc1CNC(=O)c1ccc(C)c(NC2=N[C@H]3CS(=O)(=O)C[C@@H]3S2)c1. The van der Waals surface area contributed by atoms with Crippen LogP contribution in [0.5, 0.6) is 5.75 Å². The minimum Gasteiger partial charge on any atom is -0.496 e. The molecule has 30 heavy (non-hydrogen) atoms. The first-order valence-corrected chi connectivity index (χ1v) is 12.3. The largest absolute Gasteiger partial charge is 0.496 e. The Hall–Kier alpha value is -2.52. The van der Waals surface area contributed by atoms with E-state index in [9.17, 15) is 13.2 Å². The quantitative estimate of drug-likeness (QED) is 0.734. The highest BCUT2D eigenvalue weighted by molar-refractivity contribution is 8.15. The van der Waals surface area contributed by atoms with Crippen molar-refractivity contribution in [2.75, 3.05) is 23.9 Å². The molecular formula is C21H23N3O4S2. The van der Waals surface area contributed by atoms with Crippen LogP contribution >= 0.6 is 11.8 Å². The number of anilines is 1. The summed E-state index contributed by atoms with van der Waals surface area (Å²) in [7, 11) is -1.38. The number of ether oxygens (including phenoxy) is 1. The van der Waals surface area contributed by atoms with E-state index in [0.717, 1.165) is 22.6 Å². The molecule has 0 bridgehead atoms. The number of amides is 1. The molecule has 2 aliphatic heterocycles. The zero-order valence-corrected chi connectivity index (χ0v) is 18.3. The summed E-state index contributed by atoms with van der Waals surface area (Å²) >= 11 is 1.46. The first-order chi connectivity index (χ1) is 14.3. The summed E-state index contributed by atoms with van der Waals surface area (Å²) in [5, 5.41) is 6.87. The van der Waals surface area contributed by atoms with Gasteiger partial charge in [0.1, 0.15) is 5.75 Å². The van der Waals surface area contributed by atoms with Crippen molar-refractivity contribution in [3.8, 4) is 5.75 Å². The standard InChI is InChI=1S/C21H23N3O4S2/c1-13-7-8-14(20(25)22-10-15-5-3-4-6-18(15)28-2)9-16(13)23-21-24-17-11-30(26,27)12-19(17)29-21/h3-9,17,19H,10-12H2,1-2H3,(H,22,25)(H,23,24)/t17-,19-/m0/s1. The number of methoxy groups -OCH3 is 1. The Kier molecular flexibility index (Phi) is 5.75. The molecule has 7 nitrogen and oxygen atoms in total. The highest BCUT2D eigenvalue weighted by Crippen LogP contribution is 2.35. The predicted molar refractivity (Wildman–Crippen MR) is 120 cm³/mol. The van der Waals surface area contributed by atoms with Gasteiger partial charge in [-0.3, -0.25) is 9.79 Å². The highest BCUT2D eigenvalue weighted by atomic mass is 32.2. The second-order valence-corrected chi connectivity index (χ2v) is 10.8. The summed E-state index contributed by atoms with van der Waals surface area (Å²) < 4.78 is 28.8. The van der Waals surface area contributed by atoms with Gasteiger partial charge in [-0.1, -0.05) is 36.0 Å². The van der Waals surface area contributed by atoms with Gasteiger partial charge in [-0.25, -0.2) is 8.42 Å². The number of nitrogens with one attached hydrogen (secondary N) is 2. The fourth-order valence-corrected chi connectivity index (χ4v) is 7.22. The fourth-order valence-electron chi connectivity index (χ4n) is 3.56. The highest BCUT2D eigenvalue weighted by Gasteiger charge is 2.42. The zero-order valence-electron chi connectivity index (χ0n) is 16.7. The van der Waals surface area contributed by atoms with Gasteiger partial charge in [-0.2, -0.15) is 0 Å². The van der Waals surface area contributed by atoms with E-state index in [1.807, 2.05) is 37.3 Å². The lowest BCUT2D eigenvalue weighted by Gasteiger charge is -2.13. The van der Waals surface area contributed by atoms with E-state index in [-0.39, 0.29) is 28.7 Å². The minimum atomic E-state index is -2.98. The first kappa shape index (κ1) is 20.7. The molecule has 2 heterocycles. The van der Waals surface area contributed by atoms with Crippen molar-refractivity contribution in [3.63, 3.8) is 0 Å². The first-order valence-electron chi connectivity index (χ1n) is 9.57. The number of aliphatic imine (C=N–C) groups is 1. The molecule has 4 rings (SSSR count). The predicted octanol–water partition coefficient (Wildman–Crippen LogP) is 2.61. The number of benzene rings is 2. The summed E-state index contributed by atoms with van der Waals surface area (Å²) in [5.74, 6) is 0.822. The van der Waals surface area contributed by atoms with Crippen LogP contribution in [0.3, 0.4) is 0 Å². The number of carbonyl (C=O) groups excluding carboxylic acids is 1. The summed E-state index contributed by atoms with van der Waals surface area (Å²) in [6, 6.07) is 12.8. The maximum atomic E-state index is 12.7. The van der Waals surface area contributed by atoms with Crippen LogP contribution in [0, 0.1) is 6.92 Å². The second-order valence-electron chi connectivity index (χ2n) is 7.38. The average molecular weight is 446 g/mol. The van der Waals surface area contributed by atoms with E-state index in [1.54, 1.807) is 19.2 Å². The maximum Gasteiger partial charge on any atom is 0.251 e. The number of hydrogen-bond donors (Lipinski definition) is 2. The van der Waals surface area contributed by atoms with Crippen LogP contribution in [0.1, 0.15) is 21.5 Å². The molecule has 0 unspecified atom stereocenters. The number of nitrogens with zero attached hydrogens (tertiary/aromatic N) is 1. The third kappa shape index (κ3) is 4.46. The van der Waals surface area contributed by atoms with E-state index in [2.05, 4.69) is 15.6 Å². The average Bonchev–Trinajstić information content (AvgIpc) is 3.20. The zero-order chi connectivity index (χ0) is 21.3. The molecule has 0 spiro atoms. The molecule has 0 aromatic heterocycles. The Labute approximate surface area is 180 Å². The molecule has 1 fully saturated rings. The topological polar surface area (TPSA) is 96.9 Å². The number of rotatable bonds is 5. The van der Waals surface area contributed by atoms with Gasteiger partial charge in [0.25, 0.3) is 5.91 Å². The molecular weight excluding hydrogens is 422 g/mol. The van der Waals surface area contributed by atoms with Crippen LogP contribution in [-0.2, 0) is 16.4 Å². The number of para-hydroxylation sites is 1. The van der Waals surface area contributed by atoms with Crippen LogP contribution in [0.15, 0.2) is 47.5 Å². The van der Waals surface area contributed by atoms with E-state index < -0.39 is 9.84 Å². The fraction of sp³-hybridized carbons (Fsp3) is 0.333. The third-order valence-corrected chi connectivity index (χ3v) is 8.33. The number of sulfone groups is 1. The third-order valence-electron chi connectivity index (χ3n) is 5.19. The minimum absolute atomic E-state index is 0.0230. The molecule has 2 aliphatic rings. The summed E-state index contributed by atoms with van der Waals surface area (Å²) in [5.41, 5.74) is 3.19. The normalized spacial score (nSPS) is 21.6. The lowest BCUT2D eigenvalue weighted by atomic mass is 10.1. The molecule has 1 amide bonds. The molecule has 2 N–H and O–H groups in total. The van der Waals surface area contributed by atoms with Gasteiger partial charge < -0.3 is 15.4 Å². The van der Waals surface area contributed by atoms with E-state index in [4.69, 9.17) is 4.74 Å². The number of thioether (sulfide) groups is 1. The van der Waals surface area contributed by atoms with Gasteiger partial charge in [0.05, 0.1) is 24.7 Å². The molecule has 2 aromatic rings. The summed E-state index contributed by atoms with van der Waals surface area (Å²) in [6.45, 7) is 2.31. The molecule has 0 saturated carbocycles. The van der Waals surface area contributed by atoms with Crippen LogP contribution in [0.25, 0.3) is 0 Å². The van der Waals surface area contributed by atoms with Gasteiger partial charge in [0.2, 0.25) is 0 Å². The molecule has 9 heteroatoms. The van der Waals surface area contributed by atoms with Gasteiger partial charge in [-0.15, -0.1) is 0 Å². The van der Waals surface area contributed by atoms with Crippen molar-refractivity contribution < 1.29 is 17.9 Å². The lowest BCUT2D eigenvalue weighted by molar-refractivity contribution is 0.0950. The van der Waals surface area contributed by atoms with Crippen LogP contribution in [0.4, 0.5) is 5.69 Å². The Morgan fingerprint density at radius 2 is 2.03 bits per heavy atom. The monoisotopic (exact) mass is 445 g/mol. The lowest BCUT2D eigenvalue weighted by Crippen LogP contribution is -2.23. The maximum absolute atomic E-state index is 12.7. The Morgan fingerprint density at radius 1 is 1.23 bits per heavy atom. The van der Waals surface area contributed by atoms with Crippen molar-refractivity contribution in [1.29, 1.82) is 0 Å². The van der Waals surface area contributed by atoms with E-state index >= 15 is 0 Å². The van der Waals surface area contributed by atoms with Gasteiger partial charge in [0, 0.05) is 28.6 Å². The van der Waals surface area contributed by atoms with Gasteiger partial charge in [-0.05, 0) is 30.7 Å². The van der Waals surface area contributed by atoms with Crippen molar-refractivity contribution in [3.05, 3.63) is 59.2 Å². The number of aryl methyl sites for hydroxylation is 1. The van der Waals surface area contributed by atoms with Crippen molar-refractivity contribution in [2.24, 2.45) is 4.99 Å². The number of amidine groups is 1. The summed E-state index contributed by atoms with van der Waals surface area (Å²) in [4.78, 5) is 17.2. The van der Waals surface area contributed by atoms with Crippen LogP contribution in [0.2, 0.25) is 0 Å². The number of fused-ring (bicyclic) bond motifs is 1. The van der Waals surface area contributed by atoms with Crippen molar-refractivity contribution in [2.45, 2.75) is 24.8 Å². The summed E-state index contributed by atoms with van der Waals surface area (Å²) in [6.07, 6.45) is 0. The Morgan fingerprint density at radius 3 is 2.80 bits per heavy atom. The van der Waals surface area contributed by atoms with Gasteiger partial charge >= 0.3 is 0 Å². The van der Waals surface area contributed by atoms with Crippen molar-refractivity contribution in [1.82, 2.24) is 5.32 Å². The molecule has 1 saturated heterocycles. The van der Waals surface area contributed by atoms with E-state index in [0.29, 0.717) is 17.3 Å². The molecule has 2 aromatic carbocycles. The Bertz CT molecular complexity index is 1110. The molecule has 158 valence electrons. The number of hydrogen-bond acceptors (Lipinski definition) is 7.